The lowest BCUT2D eigenvalue weighted by Crippen LogP contribution is -2.25. The Labute approximate surface area is 189 Å². The highest BCUT2D eigenvalue weighted by Crippen LogP contribution is 2.33. The number of carbonyl (C=O) groups is 1. The summed E-state index contributed by atoms with van der Waals surface area (Å²) >= 11 is 0. The molecule has 0 aliphatic heterocycles. The van der Waals surface area contributed by atoms with Crippen LogP contribution in [0.4, 0.5) is 8.78 Å². The zero-order valence-electron chi connectivity index (χ0n) is 18.0. The van der Waals surface area contributed by atoms with E-state index in [1.165, 1.54) is 48.2 Å². The highest BCUT2D eigenvalue weighted by atomic mass is 19.1. The van der Waals surface area contributed by atoms with Gasteiger partial charge in [0.05, 0.1) is 25.6 Å². The number of amides is 1. The number of benzene rings is 3. The van der Waals surface area contributed by atoms with E-state index >= 15 is 0 Å². The number of methoxy groups -OCH3 is 2. The third-order valence-corrected chi connectivity index (χ3v) is 5.06. The smallest absolute Gasteiger partial charge is 0.270 e. The zero-order chi connectivity index (χ0) is 23.4. The molecule has 0 spiro atoms. The maximum atomic E-state index is 13.5. The molecule has 0 saturated heterocycles. The molecule has 0 bridgehead atoms. The van der Waals surface area contributed by atoms with Crippen molar-refractivity contribution in [2.75, 3.05) is 14.2 Å². The standard InChI is InChI=1S/C25H21F2N3O3/c1-32-20-11-12-21(24(13-20)33-2)22-14-23(30(29-22)19-9-7-18(27)8-10-19)25(31)28-15-16-3-5-17(26)6-4-16/h3-14H,15H2,1-2H3,(H,28,31). The maximum absolute atomic E-state index is 13.5. The van der Waals surface area contributed by atoms with Crippen LogP contribution in [-0.2, 0) is 6.54 Å². The molecule has 4 aromatic rings. The van der Waals surface area contributed by atoms with E-state index < -0.39 is 11.7 Å². The summed E-state index contributed by atoms with van der Waals surface area (Å²) < 4.78 is 38.8. The Bertz CT molecular complexity index is 1270. The number of hydrogen-bond donors (Lipinski definition) is 1. The summed E-state index contributed by atoms with van der Waals surface area (Å²) in [6, 6.07) is 18.4. The van der Waals surface area contributed by atoms with Crippen molar-refractivity contribution < 1.29 is 23.0 Å². The van der Waals surface area contributed by atoms with Crippen LogP contribution in [0.15, 0.2) is 72.8 Å². The third kappa shape index (κ3) is 4.85. The highest BCUT2D eigenvalue weighted by molar-refractivity contribution is 5.94. The predicted molar refractivity (Wildman–Crippen MR) is 120 cm³/mol. The van der Waals surface area contributed by atoms with Crippen LogP contribution >= 0.6 is 0 Å². The van der Waals surface area contributed by atoms with E-state index in [-0.39, 0.29) is 18.1 Å². The van der Waals surface area contributed by atoms with Gasteiger partial charge < -0.3 is 14.8 Å². The third-order valence-electron chi connectivity index (χ3n) is 5.06. The number of halogens is 2. The van der Waals surface area contributed by atoms with Gasteiger partial charge in [-0.05, 0) is 60.2 Å². The summed E-state index contributed by atoms with van der Waals surface area (Å²) in [5, 5.41) is 7.42. The minimum Gasteiger partial charge on any atom is -0.497 e. The van der Waals surface area contributed by atoms with Crippen molar-refractivity contribution in [3.05, 3.63) is 95.7 Å². The topological polar surface area (TPSA) is 65.4 Å². The van der Waals surface area contributed by atoms with Crippen LogP contribution in [0.5, 0.6) is 11.5 Å². The second-order valence-electron chi connectivity index (χ2n) is 7.18. The molecule has 168 valence electrons. The number of nitrogens with zero attached hydrogens (tertiary/aromatic N) is 2. The van der Waals surface area contributed by atoms with Crippen molar-refractivity contribution in [3.63, 3.8) is 0 Å². The molecule has 1 amide bonds. The van der Waals surface area contributed by atoms with Crippen molar-refractivity contribution in [3.8, 4) is 28.4 Å². The number of hydrogen-bond acceptors (Lipinski definition) is 4. The summed E-state index contributed by atoms with van der Waals surface area (Å²) in [4.78, 5) is 13.1. The van der Waals surface area contributed by atoms with E-state index in [4.69, 9.17) is 9.47 Å². The van der Waals surface area contributed by atoms with Gasteiger partial charge >= 0.3 is 0 Å². The average molecular weight is 449 g/mol. The van der Waals surface area contributed by atoms with Gasteiger partial charge in [-0.15, -0.1) is 0 Å². The normalized spacial score (nSPS) is 10.7. The van der Waals surface area contributed by atoms with Crippen LogP contribution in [0, 0.1) is 11.6 Å². The molecular weight excluding hydrogens is 428 g/mol. The van der Waals surface area contributed by atoms with Crippen LogP contribution in [0.25, 0.3) is 16.9 Å². The number of aromatic nitrogens is 2. The van der Waals surface area contributed by atoms with E-state index in [0.29, 0.717) is 28.4 Å². The first kappa shape index (κ1) is 22.0. The molecule has 0 fully saturated rings. The number of nitrogens with one attached hydrogen (secondary N) is 1. The van der Waals surface area contributed by atoms with Gasteiger partial charge in [-0.3, -0.25) is 4.79 Å². The molecule has 0 atom stereocenters. The minimum absolute atomic E-state index is 0.203. The van der Waals surface area contributed by atoms with Crippen molar-refractivity contribution in [1.82, 2.24) is 15.1 Å². The molecule has 3 aromatic carbocycles. The van der Waals surface area contributed by atoms with Gasteiger partial charge in [0.2, 0.25) is 0 Å². The lowest BCUT2D eigenvalue weighted by atomic mass is 10.1. The SMILES string of the molecule is COc1ccc(-c2cc(C(=O)NCc3ccc(F)cc3)n(-c3ccc(F)cc3)n2)c(OC)c1. The molecule has 1 aromatic heterocycles. The van der Waals surface area contributed by atoms with E-state index in [0.717, 1.165) is 5.56 Å². The second kappa shape index (κ2) is 9.52. The molecule has 0 aliphatic rings. The highest BCUT2D eigenvalue weighted by Gasteiger charge is 2.20. The van der Waals surface area contributed by atoms with Crippen LogP contribution < -0.4 is 14.8 Å². The lowest BCUT2D eigenvalue weighted by molar-refractivity contribution is 0.0943. The summed E-state index contributed by atoms with van der Waals surface area (Å²) in [5.41, 5.74) is 2.66. The molecule has 8 heteroatoms. The van der Waals surface area contributed by atoms with Crippen LogP contribution in [0.1, 0.15) is 16.1 Å². The fourth-order valence-corrected chi connectivity index (χ4v) is 3.34. The van der Waals surface area contributed by atoms with Gasteiger partial charge in [0.15, 0.2) is 0 Å². The Kier molecular flexibility index (Phi) is 6.35. The molecule has 0 saturated carbocycles. The van der Waals surface area contributed by atoms with Gasteiger partial charge in [0, 0.05) is 18.2 Å². The summed E-state index contributed by atoms with van der Waals surface area (Å²) in [6.07, 6.45) is 0. The number of carbonyl (C=O) groups excluding carboxylic acids is 1. The summed E-state index contributed by atoms with van der Waals surface area (Å²) in [5.74, 6) is -0.0000976. The summed E-state index contributed by atoms with van der Waals surface area (Å²) in [7, 11) is 3.09. The van der Waals surface area contributed by atoms with Gasteiger partial charge in [-0.25, -0.2) is 13.5 Å². The first-order chi connectivity index (χ1) is 16.0. The van der Waals surface area contributed by atoms with E-state index in [9.17, 15) is 13.6 Å². The Morgan fingerprint density at radius 1 is 0.909 bits per heavy atom. The molecule has 0 unspecified atom stereocenters. The fourth-order valence-electron chi connectivity index (χ4n) is 3.34. The van der Waals surface area contributed by atoms with Gasteiger partial charge in [-0.1, -0.05) is 12.1 Å². The average Bonchev–Trinajstić information content (AvgIpc) is 3.29. The number of ether oxygens (including phenoxy) is 2. The first-order valence-corrected chi connectivity index (χ1v) is 10.1. The molecule has 0 radical (unpaired) electrons. The van der Waals surface area contributed by atoms with Crippen LogP contribution in [-0.4, -0.2) is 29.9 Å². The van der Waals surface area contributed by atoms with Crippen molar-refractivity contribution in [2.24, 2.45) is 0 Å². The molecular formula is C25H21F2N3O3. The van der Waals surface area contributed by atoms with Crippen molar-refractivity contribution in [2.45, 2.75) is 6.54 Å². The zero-order valence-corrected chi connectivity index (χ0v) is 18.0. The quantitative estimate of drug-likeness (QED) is 0.442. The minimum atomic E-state index is -0.398. The lowest BCUT2D eigenvalue weighted by Gasteiger charge is -2.09. The predicted octanol–water partition coefficient (Wildman–Crippen LogP) is 4.76. The molecule has 1 heterocycles. The van der Waals surface area contributed by atoms with Crippen LogP contribution in [0.3, 0.4) is 0 Å². The monoisotopic (exact) mass is 449 g/mol. The van der Waals surface area contributed by atoms with Gasteiger partial charge in [0.25, 0.3) is 5.91 Å². The van der Waals surface area contributed by atoms with Crippen molar-refractivity contribution in [1.29, 1.82) is 0 Å². The molecule has 1 N–H and O–H groups in total. The Hall–Kier alpha value is -4.20. The maximum Gasteiger partial charge on any atom is 0.270 e. The van der Waals surface area contributed by atoms with E-state index in [1.54, 1.807) is 43.5 Å². The van der Waals surface area contributed by atoms with Gasteiger partial charge in [-0.2, -0.15) is 5.10 Å². The fraction of sp³-hybridized carbons (Fsp3) is 0.120. The van der Waals surface area contributed by atoms with Crippen molar-refractivity contribution >= 4 is 5.91 Å². The number of rotatable bonds is 7. The van der Waals surface area contributed by atoms with E-state index in [1.807, 2.05) is 0 Å². The van der Waals surface area contributed by atoms with Gasteiger partial charge in [0.1, 0.15) is 28.8 Å². The largest absolute Gasteiger partial charge is 0.497 e. The molecule has 0 aliphatic carbocycles. The first-order valence-electron chi connectivity index (χ1n) is 10.1. The summed E-state index contributed by atoms with van der Waals surface area (Å²) in [6.45, 7) is 0.203. The molecule has 6 nitrogen and oxygen atoms in total. The Morgan fingerprint density at radius 3 is 2.21 bits per heavy atom. The second-order valence-corrected chi connectivity index (χ2v) is 7.18. The Morgan fingerprint density at radius 2 is 1.58 bits per heavy atom. The van der Waals surface area contributed by atoms with E-state index in [2.05, 4.69) is 10.4 Å². The molecule has 33 heavy (non-hydrogen) atoms. The Balaban J connectivity index is 1.72. The molecule has 4 rings (SSSR count). The van der Waals surface area contributed by atoms with Crippen LogP contribution in [0.2, 0.25) is 0 Å².